The quantitative estimate of drug-likeness (QED) is 0.678. The number of anilines is 1. The minimum Gasteiger partial charge on any atom is -0.449 e. The van der Waals surface area contributed by atoms with Gasteiger partial charge >= 0.3 is 5.97 Å². The van der Waals surface area contributed by atoms with Gasteiger partial charge in [0, 0.05) is 11.1 Å². The minimum atomic E-state index is -0.937. The number of halogens is 2. The van der Waals surface area contributed by atoms with E-state index >= 15 is 0 Å². The van der Waals surface area contributed by atoms with Gasteiger partial charge in [-0.2, -0.15) is 0 Å². The van der Waals surface area contributed by atoms with Crippen LogP contribution in [0.1, 0.15) is 20.8 Å². The second-order valence-corrected chi connectivity index (χ2v) is 5.26. The Balaban J connectivity index is 2.69. The van der Waals surface area contributed by atoms with Gasteiger partial charge in [0.1, 0.15) is 0 Å². The average Bonchev–Trinajstić information content (AvgIpc) is 2.32. The Labute approximate surface area is 127 Å². The second kappa shape index (κ2) is 7.31. The number of benzene rings is 1. The summed E-state index contributed by atoms with van der Waals surface area (Å²) >= 11 is 11.7. The molecule has 1 rings (SSSR count). The lowest BCUT2D eigenvalue weighted by molar-refractivity contribution is -0.148. The average molecular weight is 316 g/mol. The van der Waals surface area contributed by atoms with Gasteiger partial charge in [-0.3, -0.25) is 4.79 Å². The molecule has 1 unspecified atom stereocenters. The predicted molar refractivity (Wildman–Crippen MR) is 80.1 cm³/mol. The number of carbonyl (C=O) groups is 2. The van der Waals surface area contributed by atoms with E-state index in [1.54, 1.807) is 26.0 Å². The molecule has 0 aliphatic rings. The zero-order chi connectivity index (χ0) is 15.3. The van der Waals surface area contributed by atoms with Gasteiger partial charge < -0.3 is 10.1 Å². The van der Waals surface area contributed by atoms with E-state index in [1.807, 2.05) is 0 Å². The number of hydrogen-bond acceptors (Lipinski definition) is 3. The van der Waals surface area contributed by atoms with Gasteiger partial charge in [0.05, 0.1) is 10.7 Å². The Hall–Kier alpha value is -1.52. The number of amides is 1. The highest BCUT2D eigenvalue weighted by Gasteiger charge is 2.17. The lowest BCUT2D eigenvalue weighted by Gasteiger charge is -2.13. The summed E-state index contributed by atoms with van der Waals surface area (Å²) in [4.78, 5) is 23.3. The molecule has 0 fully saturated rings. The number of hydrogen-bond donors (Lipinski definition) is 1. The molecule has 1 amide bonds. The van der Waals surface area contributed by atoms with Gasteiger partial charge in [-0.1, -0.05) is 28.8 Å². The van der Waals surface area contributed by atoms with Crippen molar-refractivity contribution >= 4 is 40.8 Å². The number of nitrogens with one attached hydrogen (secondary N) is 1. The van der Waals surface area contributed by atoms with E-state index in [0.29, 0.717) is 15.7 Å². The van der Waals surface area contributed by atoms with Gasteiger partial charge in [0.25, 0.3) is 5.91 Å². The predicted octanol–water partition coefficient (Wildman–Crippen LogP) is 3.83. The summed E-state index contributed by atoms with van der Waals surface area (Å²) in [5.74, 6) is -1.05. The normalized spacial score (nSPS) is 11.4. The fraction of sp³-hybridized carbons (Fsp3) is 0.286. The number of rotatable bonds is 4. The fourth-order valence-electron chi connectivity index (χ4n) is 1.33. The Morgan fingerprint density at radius 2 is 1.95 bits per heavy atom. The summed E-state index contributed by atoms with van der Waals surface area (Å²) in [6, 6.07) is 4.70. The summed E-state index contributed by atoms with van der Waals surface area (Å²) in [7, 11) is 0. The summed E-state index contributed by atoms with van der Waals surface area (Å²) in [6.45, 7) is 5.00. The molecule has 4 nitrogen and oxygen atoms in total. The van der Waals surface area contributed by atoms with Crippen molar-refractivity contribution in [1.82, 2.24) is 0 Å². The first kappa shape index (κ1) is 16.5. The number of esters is 1. The van der Waals surface area contributed by atoms with Crippen molar-refractivity contribution in [2.45, 2.75) is 26.9 Å². The van der Waals surface area contributed by atoms with Crippen LogP contribution in [0.15, 0.2) is 29.8 Å². The molecular weight excluding hydrogens is 301 g/mol. The highest BCUT2D eigenvalue weighted by atomic mass is 35.5. The molecular formula is C14H15Cl2NO3. The summed E-state index contributed by atoms with van der Waals surface area (Å²) in [5, 5.41) is 3.35. The molecule has 0 aliphatic heterocycles. The van der Waals surface area contributed by atoms with Crippen molar-refractivity contribution < 1.29 is 14.3 Å². The van der Waals surface area contributed by atoms with Crippen molar-refractivity contribution in [1.29, 1.82) is 0 Å². The Morgan fingerprint density at radius 1 is 1.30 bits per heavy atom. The third kappa shape index (κ3) is 5.23. The molecule has 1 N–H and O–H groups in total. The molecule has 0 bridgehead atoms. The molecule has 108 valence electrons. The topological polar surface area (TPSA) is 55.4 Å². The molecule has 20 heavy (non-hydrogen) atoms. The van der Waals surface area contributed by atoms with Gasteiger partial charge in [0.15, 0.2) is 6.10 Å². The van der Waals surface area contributed by atoms with Crippen LogP contribution < -0.4 is 5.32 Å². The van der Waals surface area contributed by atoms with Gasteiger partial charge in [-0.25, -0.2) is 4.79 Å². The maximum Gasteiger partial charge on any atom is 0.331 e. The smallest absolute Gasteiger partial charge is 0.331 e. The largest absolute Gasteiger partial charge is 0.449 e. The first-order chi connectivity index (χ1) is 9.29. The van der Waals surface area contributed by atoms with Crippen LogP contribution >= 0.6 is 23.2 Å². The molecule has 0 saturated carbocycles. The lowest BCUT2D eigenvalue weighted by Crippen LogP contribution is -2.29. The van der Waals surface area contributed by atoms with E-state index in [1.165, 1.54) is 19.1 Å². The molecule has 1 atom stereocenters. The van der Waals surface area contributed by atoms with E-state index in [2.05, 4.69) is 5.32 Å². The van der Waals surface area contributed by atoms with Crippen LogP contribution in [0, 0.1) is 0 Å². The molecule has 0 heterocycles. The van der Waals surface area contributed by atoms with Crippen LogP contribution in [0.25, 0.3) is 0 Å². The van der Waals surface area contributed by atoms with Crippen molar-refractivity contribution in [2.24, 2.45) is 0 Å². The molecule has 0 spiro atoms. The van der Waals surface area contributed by atoms with Crippen molar-refractivity contribution in [3.05, 3.63) is 39.9 Å². The first-order valence-electron chi connectivity index (χ1n) is 5.91. The number of allylic oxidation sites excluding steroid dienone is 1. The highest BCUT2D eigenvalue weighted by Crippen LogP contribution is 2.25. The van der Waals surface area contributed by atoms with Crippen LogP contribution in [-0.2, 0) is 14.3 Å². The van der Waals surface area contributed by atoms with Crippen LogP contribution in [0.4, 0.5) is 5.69 Å². The Morgan fingerprint density at radius 3 is 2.55 bits per heavy atom. The number of ether oxygens (including phenoxy) is 1. The fourth-order valence-corrected chi connectivity index (χ4v) is 1.66. The zero-order valence-electron chi connectivity index (χ0n) is 11.4. The van der Waals surface area contributed by atoms with E-state index in [4.69, 9.17) is 27.9 Å². The van der Waals surface area contributed by atoms with Gasteiger partial charge in [-0.15, -0.1) is 0 Å². The van der Waals surface area contributed by atoms with E-state index in [0.717, 1.165) is 5.57 Å². The Bertz CT molecular complexity index is 551. The van der Waals surface area contributed by atoms with Crippen molar-refractivity contribution in [2.75, 3.05) is 5.32 Å². The van der Waals surface area contributed by atoms with Gasteiger partial charge in [0.2, 0.25) is 0 Å². The van der Waals surface area contributed by atoms with Crippen LogP contribution in [0.5, 0.6) is 0 Å². The van der Waals surface area contributed by atoms with Crippen LogP contribution in [-0.4, -0.2) is 18.0 Å². The molecule has 0 aliphatic carbocycles. The van der Waals surface area contributed by atoms with E-state index < -0.39 is 18.0 Å². The maximum atomic E-state index is 11.9. The lowest BCUT2D eigenvalue weighted by atomic mass is 10.3. The molecule has 1 aromatic rings. The van der Waals surface area contributed by atoms with Crippen molar-refractivity contribution in [3.8, 4) is 0 Å². The van der Waals surface area contributed by atoms with E-state index in [9.17, 15) is 9.59 Å². The third-order valence-corrected chi connectivity index (χ3v) is 2.82. The van der Waals surface area contributed by atoms with Crippen LogP contribution in [0.3, 0.4) is 0 Å². The summed E-state index contributed by atoms with van der Waals surface area (Å²) < 4.78 is 4.96. The molecule has 0 radical (unpaired) electrons. The monoisotopic (exact) mass is 315 g/mol. The van der Waals surface area contributed by atoms with Crippen molar-refractivity contribution in [3.63, 3.8) is 0 Å². The SMILES string of the molecule is CC(C)=CC(=O)OC(C)C(=O)Nc1cc(Cl)ccc1Cl. The maximum absolute atomic E-state index is 11.9. The molecule has 6 heteroatoms. The van der Waals surface area contributed by atoms with Crippen LogP contribution in [0.2, 0.25) is 10.0 Å². The molecule has 0 aromatic heterocycles. The zero-order valence-corrected chi connectivity index (χ0v) is 12.9. The molecule has 0 saturated heterocycles. The summed E-state index contributed by atoms with van der Waals surface area (Å²) in [6.07, 6.45) is 0.379. The first-order valence-corrected chi connectivity index (χ1v) is 6.66. The number of carbonyl (C=O) groups excluding carboxylic acids is 2. The Kier molecular flexibility index (Phi) is 6.05. The second-order valence-electron chi connectivity index (χ2n) is 4.41. The van der Waals surface area contributed by atoms with Gasteiger partial charge in [-0.05, 0) is 39.0 Å². The highest BCUT2D eigenvalue weighted by molar-refractivity contribution is 6.35. The van der Waals surface area contributed by atoms with E-state index in [-0.39, 0.29) is 0 Å². The standard InChI is InChI=1S/C14H15Cl2NO3/c1-8(2)6-13(18)20-9(3)14(19)17-12-7-10(15)4-5-11(12)16/h4-7,9H,1-3H3,(H,17,19). The molecule has 1 aromatic carbocycles. The minimum absolute atomic E-state index is 0.352. The summed E-state index contributed by atoms with van der Waals surface area (Å²) in [5.41, 5.74) is 1.16. The third-order valence-electron chi connectivity index (χ3n) is 2.25.